The van der Waals surface area contributed by atoms with E-state index < -0.39 is 0 Å². The molecular formula is C30H44N2O2. The minimum Gasteiger partial charge on any atom is -0.445 e. The first-order chi connectivity index (χ1) is 16.0. The first-order valence-corrected chi connectivity index (χ1v) is 12.9. The van der Waals surface area contributed by atoms with Gasteiger partial charge in [-0.25, -0.2) is 4.79 Å². The number of amides is 1. The molecule has 186 valence electrons. The molecule has 1 amide bonds. The maximum atomic E-state index is 12.2. The Morgan fingerprint density at radius 1 is 0.941 bits per heavy atom. The van der Waals surface area contributed by atoms with Gasteiger partial charge < -0.3 is 15.4 Å². The number of unbranched alkanes of at least 4 members (excludes halogenated alkanes) is 1. The van der Waals surface area contributed by atoms with Gasteiger partial charge in [0.2, 0.25) is 0 Å². The van der Waals surface area contributed by atoms with Crippen LogP contribution in [-0.2, 0) is 15.6 Å². The van der Waals surface area contributed by atoms with Gasteiger partial charge in [-0.1, -0.05) is 103 Å². The highest BCUT2D eigenvalue weighted by Gasteiger charge is 2.34. The Kier molecular flexibility index (Phi) is 8.46. The first-order valence-electron chi connectivity index (χ1n) is 12.9. The van der Waals surface area contributed by atoms with Crippen LogP contribution in [0.15, 0.2) is 48.5 Å². The second-order valence-electron chi connectivity index (χ2n) is 11.8. The van der Waals surface area contributed by atoms with Crippen LogP contribution >= 0.6 is 0 Å². The molecule has 1 saturated heterocycles. The molecule has 4 heteroatoms. The molecule has 1 aliphatic heterocycles. The summed E-state index contributed by atoms with van der Waals surface area (Å²) >= 11 is 0. The monoisotopic (exact) mass is 464 g/mol. The maximum Gasteiger partial charge on any atom is 0.407 e. The van der Waals surface area contributed by atoms with Gasteiger partial charge in [0.1, 0.15) is 6.10 Å². The van der Waals surface area contributed by atoms with Crippen molar-refractivity contribution >= 4 is 6.09 Å². The van der Waals surface area contributed by atoms with E-state index in [-0.39, 0.29) is 35.0 Å². The Balaban J connectivity index is 1.82. The smallest absolute Gasteiger partial charge is 0.407 e. The van der Waals surface area contributed by atoms with E-state index in [2.05, 4.69) is 108 Å². The fourth-order valence-corrected chi connectivity index (χ4v) is 4.67. The molecular weight excluding hydrogens is 420 g/mol. The first kappa shape index (κ1) is 26.3. The predicted octanol–water partition coefficient (Wildman–Crippen LogP) is 6.67. The molecule has 0 saturated carbocycles. The van der Waals surface area contributed by atoms with Crippen LogP contribution in [0.2, 0.25) is 0 Å². The van der Waals surface area contributed by atoms with E-state index >= 15 is 0 Å². The lowest BCUT2D eigenvalue weighted by atomic mass is 9.80. The van der Waals surface area contributed by atoms with Crippen molar-refractivity contribution in [1.29, 1.82) is 0 Å². The minimum absolute atomic E-state index is 0.114. The zero-order chi connectivity index (χ0) is 24.9. The number of benzene rings is 2. The lowest BCUT2D eigenvalue weighted by Crippen LogP contribution is -2.30. The quantitative estimate of drug-likeness (QED) is 0.450. The van der Waals surface area contributed by atoms with Crippen molar-refractivity contribution in [3.8, 4) is 0 Å². The SMILES string of the molecule is CCCCNC(=O)O[C@H]1CN[C@H](C(c2ccc(C(C)(C)C)cc2)c2ccc(C(C)(C)C)cc2)C1. The van der Waals surface area contributed by atoms with Gasteiger partial charge in [-0.2, -0.15) is 0 Å². The Morgan fingerprint density at radius 2 is 1.44 bits per heavy atom. The molecule has 2 aromatic carbocycles. The standard InChI is InChI=1S/C30H44N2O2/c1-8-9-18-31-28(33)34-25-19-26(32-20-25)27(21-10-14-23(15-11-21)29(2,3)4)22-12-16-24(17-13-22)30(5,6)7/h10-17,25-27,32H,8-9,18-20H2,1-7H3,(H,31,33)/t25-,26+/m1/s1. The Hall–Kier alpha value is -2.33. The number of carbonyl (C=O) groups is 1. The van der Waals surface area contributed by atoms with Crippen LogP contribution in [0.1, 0.15) is 95.9 Å². The van der Waals surface area contributed by atoms with E-state index in [1.54, 1.807) is 0 Å². The molecule has 2 atom stereocenters. The maximum absolute atomic E-state index is 12.2. The molecule has 0 aliphatic carbocycles. The summed E-state index contributed by atoms with van der Waals surface area (Å²) in [6.07, 6.45) is 2.40. The number of hydrogen-bond acceptors (Lipinski definition) is 3. The molecule has 0 radical (unpaired) electrons. The molecule has 0 bridgehead atoms. The number of ether oxygens (including phenoxy) is 1. The lowest BCUT2D eigenvalue weighted by molar-refractivity contribution is 0.106. The summed E-state index contributed by atoms with van der Waals surface area (Å²) in [5, 5.41) is 6.53. The van der Waals surface area contributed by atoms with Gasteiger partial charge in [0, 0.05) is 31.5 Å². The van der Waals surface area contributed by atoms with Crippen molar-refractivity contribution in [3.05, 3.63) is 70.8 Å². The second-order valence-corrected chi connectivity index (χ2v) is 11.8. The highest BCUT2D eigenvalue weighted by molar-refractivity contribution is 5.67. The van der Waals surface area contributed by atoms with Crippen molar-refractivity contribution in [2.45, 2.75) is 96.6 Å². The normalized spacial score (nSPS) is 18.8. The number of nitrogens with one attached hydrogen (secondary N) is 2. The molecule has 0 spiro atoms. The Bertz CT molecular complexity index is 863. The van der Waals surface area contributed by atoms with Gasteiger partial charge in [-0.3, -0.25) is 0 Å². The van der Waals surface area contributed by atoms with Crippen molar-refractivity contribution in [1.82, 2.24) is 10.6 Å². The molecule has 4 nitrogen and oxygen atoms in total. The van der Waals surface area contributed by atoms with Gasteiger partial charge in [-0.05, 0) is 39.5 Å². The molecule has 0 aromatic heterocycles. The Morgan fingerprint density at radius 3 is 1.88 bits per heavy atom. The van der Waals surface area contributed by atoms with Crippen molar-refractivity contribution in [2.24, 2.45) is 0 Å². The summed E-state index contributed by atoms with van der Waals surface area (Å²) in [7, 11) is 0. The third kappa shape index (κ3) is 6.85. The van der Waals surface area contributed by atoms with Gasteiger partial charge >= 0.3 is 6.09 Å². The van der Waals surface area contributed by atoms with Crippen molar-refractivity contribution in [2.75, 3.05) is 13.1 Å². The zero-order valence-corrected chi connectivity index (χ0v) is 22.2. The van der Waals surface area contributed by atoms with Gasteiger partial charge in [0.25, 0.3) is 0 Å². The van der Waals surface area contributed by atoms with E-state index in [0.29, 0.717) is 13.1 Å². The fourth-order valence-electron chi connectivity index (χ4n) is 4.67. The van der Waals surface area contributed by atoms with Crippen molar-refractivity contribution < 1.29 is 9.53 Å². The molecule has 2 aromatic rings. The van der Waals surface area contributed by atoms with Crippen LogP contribution in [-0.4, -0.2) is 31.3 Å². The van der Waals surface area contributed by atoms with E-state index in [1.807, 2.05) is 0 Å². The average molecular weight is 465 g/mol. The molecule has 34 heavy (non-hydrogen) atoms. The van der Waals surface area contributed by atoms with E-state index in [4.69, 9.17) is 4.74 Å². The number of hydrogen-bond donors (Lipinski definition) is 2. The van der Waals surface area contributed by atoms with Crippen LogP contribution in [0.4, 0.5) is 4.79 Å². The number of rotatable bonds is 7. The Labute approximate surface area is 206 Å². The third-order valence-corrected chi connectivity index (χ3v) is 6.87. The third-order valence-electron chi connectivity index (χ3n) is 6.87. The molecule has 1 fully saturated rings. The summed E-state index contributed by atoms with van der Waals surface area (Å²) in [4.78, 5) is 12.2. The highest BCUT2D eigenvalue weighted by atomic mass is 16.6. The van der Waals surface area contributed by atoms with Gasteiger partial charge in [0.15, 0.2) is 0 Å². The molecule has 0 unspecified atom stereocenters. The largest absolute Gasteiger partial charge is 0.445 e. The highest BCUT2D eigenvalue weighted by Crippen LogP contribution is 2.35. The molecule has 2 N–H and O–H groups in total. The topological polar surface area (TPSA) is 50.4 Å². The summed E-state index contributed by atoms with van der Waals surface area (Å²) in [5.41, 5.74) is 5.50. The van der Waals surface area contributed by atoms with Crippen molar-refractivity contribution in [3.63, 3.8) is 0 Å². The minimum atomic E-state index is -0.304. The van der Waals surface area contributed by atoms with E-state index in [0.717, 1.165) is 19.3 Å². The summed E-state index contributed by atoms with van der Waals surface area (Å²) in [6, 6.07) is 18.3. The van der Waals surface area contributed by atoms with Crippen LogP contribution < -0.4 is 10.6 Å². The van der Waals surface area contributed by atoms with E-state index in [1.165, 1.54) is 22.3 Å². The van der Waals surface area contributed by atoms with Crippen LogP contribution in [0, 0.1) is 0 Å². The second kappa shape index (κ2) is 10.9. The molecule has 1 aliphatic rings. The predicted molar refractivity (Wildman–Crippen MR) is 142 cm³/mol. The number of carbonyl (C=O) groups excluding carboxylic acids is 1. The number of alkyl carbamates (subject to hydrolysis) is 1. The lowest BCUT2D eigenvalue weighted by Gasteiger charge is -2.27. The molecule has 1 heterocycles. The van der Waals surface area contributed by atoms with Gasteiger partial charge in [0.05, 0.1) is 0 Å². The van der Waals surface area contributed by atoms with Crippen LogP contribution in [0.5, 0.6) is 0 Å². The summed E-state index contributed by atoms with van der Waals surface area (Å²) in [5.74, 6) is 0.194. The van der Waals surface area contributed by atoms with Gasteiger partial charge in [-0.15, -0.1) is 0 Å². The van der Waals surface area contributed by atoms with Crippen LogP contribution in [0.3, 0.4) is 0 Å². The fraction of sp³-hybridized carbons (Fsp3) is 0.567. The zero-order valence-electron chi connectivity index (χ0n) is 22.2. The van der Waals surface area contributed by atoms with Crippen LogP contribution in [0.25, 0.3) is 0 Å². The molecule has 3 rings (SSSR count). The van der Waals surface area contributed by atoms with E-state index in [9.17, 15) is 4.79 Å². The summed E-state index contributed by atoms with van der Waals surface area (Å²) < 4.78 is 5.73. The average Bonchev–Trinajstić information content (AvgIpc) is 3.21. The summed E-state index contributed by atoms with van der Waals surface area (Å²) in [6.45, 7) is 16.9.